The van der Waals surface area contributed by atoms with E-state index in [9.17, 15) is 15.3 Å². The van der Waals surface area contributed by atoms with Crippen LogP contribution in [-0.4, -0.2) is 26.8 Å². The Balaban J connectivity index is 3.05. The Morgan fingerprint density at radius 3 is 2.50 bits per heavy atom. The average molecular weight is 282 g/mol. The fraction of sp³-hybridized carbons (Fsp3) is 0.333. The highest BCUT2D eigenvalue weighted by atomic mass is 79.9. The van der Waals surface area contributed by atoms with E-state index in [1.165, 1.54) is 6.07 Å². The molecule has 0 fully saturated rings. The molecule has 1 rings (SSSR count). The summed E-state index contributed by atoms with van der Waals surface area (Å²) in [6, 6.07) is 4.51. The molecule has 0 saturated carbocycles. The SMILES string of the molecule is Oc1cccc(Cl)c1C(O)C(O)CBr. The van der Waals surface area contributed by atoms with Crippen LogP contribution in [0.1, 0.15) is 11.7 Å². The minimum atomic E-state index is -1.19. The number of aromatic hydroxyl groups is 1. The van der Waals surface area contributed by atoms with Crippen LogP contribution in [0.4, 0.5) is 0 Å². The summed E-state index contributed by atoms with van der Waals surface area (Å²) in [5.41, 5.74) is 0.154. The molecule has 0 saturated heterocycles. The van der Waals surface area contributed by atoms with E-state index in [2.05, 4.69) is 15.9 Å². The van der Waals surface area contributed by atoms with E-state index in [-0.39, 0.29) is 21.7 Å². The zero-order valence-corrected chi connectivity index (χ0v) is 9.53. The van der Waals surface area contributed by atoms with Crippen LogP contribution in [0.2, 0.25) is 5.02 Å². The number of halogens is 2. The number of aliphatic hydroxyl groups is 2. The first-order valence-electron chi connectivity index (χ1n) is 3.97. The summed E-state index contributed by atoms with van der Waals surface area (Å²) >= 11 is 8.81. The number of phenols is 1. The van der Waals surface area contributed by atoms with Crippen molar-refractivity contribution in [3.05, 3.63) is 28.8 Å². The second kappa shape index (κ2) is 4.98. The first-order chi connectivity index (χ1) is 6.57. The van der Waals surface area contributed by atoms with E-state index >= 15 is 0 Å². The molecule has 78 valence electrons. The van der Waals surface area contributed by atoms with E-state index in [0.29, 0.717) is 0 Å². The third kappa shape index (κ3) is 2.39. The molecule has 0 spiro atoms. The van der Waals surface area contributed by atoms with Crippen molar-refractivity contribution in [2.45, 2.75) is 12.2 Å². The van der Waals surface area contributed by atoms with Gasteiger partial charge in [0.1, 0.15) is 11.9 Å². The van der Waals surface area contributed by atoms with Gasteiger partial charge in [-0.1, -0.05) is 33.6 Å². The number of alkyl halides is 1. The molecule has 3 nitrogen and oxygen atoms in total. The van der Waals surface area contributed by atoms with Gasteiger partial charge >= 0.3 is 0 Å². The maximum atomic E-state index is 9.63. The van der Waals surface area contributed by atoms with Gasteiger partial charge in [0.15, 0.2) is 0 Å². The van der Waals surface area contributed by atoms with Gasteiger partial charge in [0.05, 0.1) is 11.1 Å². The van der Waals surface area contributed by atoms with Gasteiger partial charge in [-0.3, -0.25) is 0 Å². The molecule has 0 amide bonds. The summed E-state index contributed by atoms with van der Waals surface area (Å²) in [6.07, 6.45) is -2.19. The summed E-state index contributed by atoms with van der Waals surface area (Å²) in [6.45, 7) is 0. The number of rotatable bonds is 3. The number of benzene rings is 1. The van der Waals surface area contributed by atoms with Crippen LogP contribution in [0.3, 0.4) is 0 Å². The van der Waals surface area contributed by atoms with E-state index in [1.807, 2.05) is 0 Å². The Morgan fingerprint density at radius 2 is 2.00 bits per heavy atom. The lowest BCUT2D eigenvalue weighted by Gasteiger charge is -2.18. The van der Waals surface area contributed by atoms with E-state index in [1.54, 1.807) is 12.1 Å². The number of hydrogen-bond donors (Lipinski definition) is 3. The smallest absolute Gasteiger partial charge is 0.122 e. The van der Waals surface area contributed by atoms with Crippen LogP contribution in [0.5, 0.6) is 5.75 Å². The van der Waals surface area contributed by atoms with Crippen molar-refractivity contribution < 1.29 is 15.3 Å². The molecule has 0 bridgehead atoms. The number of aliphatic hydroxyl groups excluding tert-OH is 2. The molecule has 14 heavy (non-hydrogen) atoms. The highest BCUT2D eigenvalue weighted by molar-refractivity contribution is 9.09. The number of phenolic OH excluding ortho intramolecular Hbond substituents is 1. The van der Waals surface area contributed by atoms with Gasteiger partial charge in [0.25, 0.3) is 0 Å². The second-order valence-electron chi connectivity index (χ2n) is 2.84. The average Bonchev–Trinajstić information content (AvgIpc) is 2.16. The summed E-state index contributed by atoms with van der Waals surface area (Å²) in [7, 11) is 0. The lowest BCUT2D eigenvalue weighted by molar-refractivity contribution is 0.0328. The van der Waals surface area contributed by atoms with Crippen LogP contribution in [0.15, 0.2) is 18.2 Å². The summed E-state index contributed by atoms with van der Waals surface area (Å²) < 4.78 is 0. The first-order valence-corrected chi connectivity index (χ1v) is 5.47. The maximum Gasteiger partial charge on any atom is 0.122 e. The molecule has 0 radical (unpaired) electrons. The lowest BCUT2D eigenvalue weighted by Crippen LogP contribution is -2.19. The summed E-state index contributed by atoms with van der Waals surface area (Å²) in [5.74, 6) is -0.120. The molecule has 0 aliphatic rings. The van der Waals surface area contributed by atoms with Crippen LogP contribution >= 0.6 is 27.5 Å². The van der Waals surface area contributed by atoms with Gasteiger partial charge in [-0.25, -0.2) is 0 Å². The highest BCUT2D eigenvalue weighted by Gasteiger charge is 2.22. The van der Waals surface area contributed by atoms with Crippen LogP contribution in [-0.2, 0) is 0 Å². The number of hydrogen-bond acceptors (Lipinski definition) is 3. The Bertz CT molecular complexity index is 299. The van der Waals surface area contributed by atoms with E-state index in [4.69, 9.17) is 11.6 Å². The van der Waals surface area contributed by atoms with Crippen molar-refractivity contribution in [3.63, 3.8) is 0 Å². The second-order valence-corrected chi connectivity index (χ2v) is 3.89. The molecular formula is C9H10BrClO3. The quantitative estimate of drug-likeness (QED) is 0.741. The zero-order chi connectivity index (χ0) is 10.7. The van der Waals surface area contributed by atoms with E-state index < -0.39 is 12.2 Å². The van der Waals surface area contributed by atoms with Crippen molar-refractivity contribution >= 4 is 27.5 Å². The molecule has 0 aliphatic heterocycles. The van der Waals surface area contributed by atoms with Gasteiger partial charge in [-0.2, -0.15) is 0 Å². The largest absolute Gasteiger partial charge is 0.508 e. The molecule has 3 N–H and O–H groups in total. The normalized spacial score (nSPS) is 15.1. The molecule has 1 aromatic carbocycles. The van der Waals surface area contributed by atoms with Gasteiger partial charge in [0.2, 0.25) is 0 Å². The van der Waals surface area contributed by atoms with Crippen molar-refractivity contribution in [2.75, 3.05) is 5.33 Å². The molecular weight excluding hydrogens is 271 g/mol. The Labute approximate surface area is 95.1 Å². The third-order valence-corrected chi connectivity index (χ3v) is 2.84. The van der Waals surface area contributed by atoms with E-state index in [0.717, 1.165) is 0 Å². The minimum absolute atomic E-state index is 0.120. The molecule has 5 heteroatoms. The van der Waals surface area contributed by atoms with Crippen molar-refractivity contribution in [2.24, 2.45) is 0 Å². The predicted molar refractivity (Wildman–Crippen MR) is 57.9 cm³/mol. The fourth-order valence-corrected chi connectivity index (χ4v) is 1.73. The van der Waals surface area contributed by atoms with Crippen LogP contribution < -0.4 is 0 Å². The maximum absolute atomic E-state index is 9.63. The zero-order valence-electron chi connectivity index (χ0n) is 7.19. The van der Waals surface area contributed by atoms with Gasteiger partial charge in [-0.15, -0.1) is 0 Å². The monoisotopic (exact) mass is 280 g/mol. The lowest BCUT2D eigenvalue weighted by atomic mass is 10.0. The Morgan fingerprint density at radius 1 is 1.36 bits per heavy atom. The van der Waals surface area contributed by atoms with Crippen LogP contribution in [0.25, 0.3) is 0 Å². The van der Waals surface area contributed by atoms with Crippen LogP contribution in [0, 0.1) is 0 Å². The molecule has 2 atom stereocenters. The predicted octanol–water partition coefficient (Wildman–Crippen LogP) is 1.83. The molecule has 0 aliphatic carbocycles. The molecule has 1 aromatic rings. The Hall–Kier alpha value is -0.290. The van der Waals surface area contributed by atoms with Gasteiger partial charge < -0.3 is 15.3 Å². The third-order valence-electron chi connectivity index (χ3n) is 1.85. The standard InChI is InChI=1S/C9H10BrClO3/c10-4-7(13)9(14)8-5(11)2-1-3-6(8)12/h1-3,7,9,12-14H,4H2. The first kappa shape index (κ1) is 11.8. The van der Waals surface area contributed by atoms with Crippen molar-refractivity contribution in [3.8, 4) is 5.75 Å². The Kier molecular flexibility index (Phi) is 4.19. The molecule has 0 aromatic heterocycles. The van der Waals surface area contributed by atoms with Gasteiger partial charge in [-0.05, 0) is 12.1 Å². The topological polar surface area (TPSA) is 60.7 Å². The van der Waals surface area contributed by atoms with Gasteiger partial charge in [0, 0.05) is 10.9 Å². The van der Waals surface area contributed by atoms with Crippen molar-refractivity contribution in [1.29, 1.82) is 0 Å². The summed E-state index contributed by atoms with van der Waals surface area (Å²) in [4.78, 5) is 0. The summed E-state index contributed by atoms with van der Waals surface area (Å²) in [5, 5.41) is 28.9. The fourth-order valence-electron chi connectivity index (χ4n) is 1.10. The highest BCUT2D eigenvalue weighted by Crippen LogP contribution is 2.33. The molecule has 2 unspecified atom stereocenters. The minimum Gasteiger partial charge on any atom is -0.508 e. The van der Waals surface area contributed by atoms with Crippen molar-refractivity contribution in [1.82, 2.24) is 0 Å². The molecule has 0 heterocycles.